The molecular weight excluding hydrogens is 350 g/mol. The van der Waals surface area contributed by atoms with E-state index in [1.807, 2.05) is 13.8 Å². The molecule has 1 aliphatic heterocycles. The van der Waals surface area contributed by atoms with Crippen molar-refractivity contribution in [1.82, 2.24) is 4.90 Å². The number of unbranched alkanes of at least 4 members (excludes halogenated alkanes) is 1. The van der Waals surface area contributed by atoms with E-state index in [0.29, 0.717) is 43.7 Å². The molecule has 146 valence electrons. The van der Waals surface area contributed by atoms with Gasteiger partial charge >= 0.3 is 5.97 Å². The molecule has 0 saturated carbocycles. The van der Waals surface area contributed by atoms with E-state index >= 15 is 0 Å². The summed E-state index contributed by atoms with van der Waals surface area (Å²) in [5, 5.41) is 0. The largest absolute Gasteiger partial charge is 0.465 e. The first-order valence-electron chi connectivity index (χ1n) is 9.10. The van der Waals surface area contributed by atoms with Crippen molar-refractivity contribution in [2.45, 2.75) is 33.1 Å². The SMILES string of the molecule is CC(C)COC(=O)CC(=O)COCCCCN1C(=O)c2ccccc2C1=O. The number of Topliss-reactive ketones (excluding diaryl/α,β-unsaturated/α-hetero) is 1. The van der Waals surface area contributed by atoms with Gasteiger partial charge in [0.15, 0.2) is 5.78 Å². The standard InChI is InChI=1S/C20H25NO6/c1-14(2)12-27-18(23)11-15(22)13-26-10-6-5-9-21-19(24)16-7-3-4-8-17(16)20(21)25/h3-4,7-8,14H,5-6,9-13H2,1-2H3. The second-order valence-electron chi connectivity index (χ2n) is 6.86. The van der Waals surface area contributed by atoms with Gasteiger partial charge in [0.05, 0.1) is 17.7 Å². The molecule has 0 aromatic heterocycles. The Labute approximate surface area is 158 Å². The molecule has 1 aromatic rings. The third-order valence-electron chi connectivity index (χ3n) is 3.98. The molecule has 0 N–H and O–H groups in total. The average Bonchev–Trinajstić information content (AvgIpc) is 2.87. The van der Waals surface area contributed by atoms with E-state index in [-0.39, 0.29) is 36.5 Å². The molecule has 1 aromatic carbocycles. The minimum absolute atomic E-state index is 0.149. The van der Waals surface area contributed by atoms with Gasteiger partial charge < -0.3 is 9.47 Å². The first-order chi connectivity index (χ1) is 12.9. The lowest BCUT2D eigenvalue weighted by Crippen LogP contribution is -2.30. The van der Waals surface area contributed by atoms with Crippen LogP contribution in [0.25, 0.3) is 0 Å². The zero-order valence-corrected chi connectivity index (χ0v) is 15.7. The fourth-order valence-corrected chi connectivity index (χ4v) is 2.62. The predicted octanol–water partition coefficient (Wildman–Crippen LogP) is 2.24. The number of carbonyl (C=O) groups is 4. The number of carbonyl (C=O) groups excluding carboxylic acids is 4. The van der Waals surface area contributed by atoms with Crippen molar-refractivity contribution in [3.8, 4) is 0 Å². The molecule has 0 bridgehead atoms. The fraction of sp³-hybridized carbons (Fsp3) is 0.500. The Kier molecular flexibility index (Phi) is 7.67. The van der Waals surface area contributed by atoms with Gasteiger partial charge in [0.25, 0.3) is 11.8 Å². The molecule has 0 fully saturated rings. The Balaban J connectivity index is 1.59. The summed E-state index contributed by atoms with van der Waals surface area (Å²) >= 11 is 0. The van der Waals surface area contributed by atoms with Gasteiger partial charge in [-0.25, -0.2) is 0 Å². The van der Waals surface area contributed by atoms with E-state index in [4.69, 9.17) is 9.47 Å². The Morgan fingerprint density at radius 2 is 1.67 bits per heavy atom. The van der Waals surface area contributed by atoms with Crippen LogP contribution in [-0.4, -0.2) is 54.8 Å². The molecule has 27 heavy (non-hydrogen) atoms. The van der Waals surface area contributed by atoms with E-state index in [1.165, 1.54) is 4.90 Å². The van der Waals surface area contributed by atoms with Crippen LogP contribution in [0.4, 0.5) is 0 Å². The quantitative estimate of drug-likeness (QED) is 0.255. The zero-order valence-electron chi connectivity index (χ0n) is 15.7. The first kappa shape index (κ1) is 20.8. The van der Waals surface area contributed by atoms with Crippen molar-refractivity contribution in [3.05, 3.63) is 35.4 Å². The Bertz CT molecular complexity index is 677. The maximum atomic E-state index is 12.2. The lowest BCUT2D eigenvalue weighted by atomic mass is 10.1. The molecule has 0 radical (unpaired) electrons. The summed E-state index contributed by atoms with van der Waals surface area (Å²) in [6, 6.07) is 6.76. The average molecular weight is 375 g/mol. The summed E-state index contributed by atoms with van der Waals surface area (Å²) < 4.78 is 10.2. The van der Waals surface area contributed by atoms with Gasteiger partial charge in [0.1, 0.15) is 13.0 Å². The van der Waals surface area contributed by atoms with Crippen molar-refractivity contribution in [2.24, 2.45) is 5.92 Å². The molecular formula is C20H25NO6. The number of esters is 1. The van der Waals surface area contributed by atoms with Crippen LogP contribution in [0.5, 0.6) is 0 Å². The third kappa shape index (κ3) is 5.99. The van der Waals surface area contributed by atoms with Crippen molar-refractivity contribution in [1.29, 1.82) is 0 Å². The molecule has 7 heteroatoms. The number of benzene rings is 1. The Hall–Kier alpha value is -2.54. The second kappa shape index (κ2) is 9.97. The lowest BCUT2D eigenvalue weighted by molar-refractivity contribution is -0.147. The summed E-state index contributed by atoms with van der Waals surface area (Å²) in [5.41, 5.74) is 0.877. The normalized spacial score (nSPS) is 13.2. The molecule has 0 aliphatic carbocycles. The Morgan fingerprint density at radius 3 is 2.26 bits per heavy atom. The van der Waals surface area contributed by atoms with Crippen molar-refractivity contribution in [3.63, 3.8) is 0 Å². The van der Waals surface area contributed by atoms with Gasteiger partial charge in [-0.05, 0) is 30.9 Å². The third-order valence-corrected chi connectivity index (χ3v) is 3.98. The predicted molar refractivity (Wildman–Crippen MR) is 97.3 cm³/mol. The van der Waals surface area contributed by atoms with Crippen LogP contribution in [0.3, 0.4) is 0 Å². The molecule has 2 amide bonds. The molecule has 1 aliphatic rings. The minimum Gasteiger partial charge on any atom is -0.465 e. The summed E-state index contributed by atoms with van der Waals surface area (Å²) in [7, 11) is 0. The maximum Gasteiger partial charge on any atom is 0.313 e. The Morgan fingerprint density at radius 1 is 1.04 bits per heavy atom. The first-order valence-corrected chi connectivity index (χ1v) is 9.10. The highest BCUT2D eigenvalue weighted by Gasteiger charge is 2.34. The van der Waals surface area contributed by atoms with Crippen LogP contribution in [0.2, 0.25) is 0 Å². The minimum atomic E-state index is -0.539. The number of rotatable bonds is 11. The number of nitrogens with zero attached hydrogens (tertiary/aromatic N) is 1. The molecule has 0 spiro atoms. The number of imide groups is 1. The maximum absolute atomic E-state index is 12.2. The number of ether oxygens (including phenoxy) is 2. The number of amides is 2. The monoisotopic (exact) mass is 375 g/mol. The van der Waals surface area contributed by atoms with E-state index < -0.39 is 5.97 Å². The number of hydrogen-bond acceptors (Lipinski definition) is 6. The van der Waals surface area contributed by atoms with Gasteiger partial charge in [0, 0.05) is 13.2 Å². The fourth-order valence-electron chi connectivity index (χ4n) is 2.62. The van der Waals surface area contributed by atoms with E-state index in [9.17, 15) is 19.2 Å². The van der Waals surface area contributed by atoms with Crippen LogP contribution in [0.15, 0.2) is 24.3 Å². The molecule has 0 atom stereocenters. The van der Waals surface area contributed by atoms with Gasteiger partial charge in [0.2, 0.25) is 0 Å². The highest BCUT2D eigenvalue weighted by atomic mass is 16.5. The lowest BCUT2D eigenvalue weighted by Gasteiger charge is -2.13. The summed E-state index contributed by atoms with van der Waals surface area (Å²) in [6.07, 6.45) is 0.885. The number of fused-ring (bicyclic) bond motifs is 1. The van der Waals surface area contributed by atoms with Crippen molar-refractivity contribution < 1.29 is 28.7 Å². The zero-order chi connectivity index (χ0) is 19.8. The molecule has 0 saturated heterocycles. The van der Waals surface area contributed by atoms with Crippen LogP contribution < -0.4 is 0 Å². The van der Waals surface area contributed by atoms with Gasteiger partial charge in [-0.1, -0.05) is 26.0 Å². The van der Waals surface area contributed by atoms with E-state index in [0.717, 1.165) is 0 Å². The van der Waals surface area contributed by atoms with Crippen molar-refractivity contribution in [2.75, 3.05) is 26.4 Å². The summed E-state index contributed by atoms with van der Waals surface area (Å²) in [5.74, 6) is -1.19. The van der Waals surface area contributed by atoms with Gasteiger partial charge in [-0.2, -0.15) is 0 Å². The molecule has 7 nitrogen and oxygen atoms in total. The van der Waals surface area contributed by atoms with Crippen LogP contribution in [0, 0.1) is 5.92 Å². The van der Waals surface area contributed by atoms with Gasteiger partial charge in [-0.3, -0.25) is 24.1 Å². The molecule has 2 rings (SSSR count). The summed E-state index contributed by atoms with van der Waals surface area (Å²) in [6.45, 7) is 4.61. The topological polar surface area (TPSA) is 90.0 Å². The van der Waals surface area contributed by atoms with Crippen molar-refractivity contribution >= 4 is 23.6 Å². The van der Waals surface area contributed by atoms with Gasteiger partial charge in [-0.15, -0.1) is 0 Å². The summed E-state index contributed by atoms with van der Waals surface area (Å²) in [4.78, 5) is 48.7. The van der Waals surface area contributed by atoms with E-state index in [1.54, 1.807) is 24.3 Å². The van der Waals surface area contributed by atoms with Crippen LogP contribution >= 0.6 is 0 Å². The molecule has 0 unspecified atom stereocenters. The van der Waals surface area contributed by atoms with Crippen LogP contribution in [-0.2, 0) is 19.1 Å². The molecule has 1 heterocycles. The number of hydrogen-bond donors (Lipinski definition) is 0. The highest BCUT2D eigenvalue weighted by Crippen LogP contribution is 2.22. The second-order valence-corrected chi connectivity index (χ2v) is 6.86. The highest BCUT2D eigenvalue weighted by molar-refractivity contribution is 6.21. The smallest absolute Gasteiger partial charge is 0.313 e. The number of ketones is 1. The van der Waals surface area contributed by atoms with E-state index in [2.05, 4.69) is 0 Å². The van der Waals surface area contributed by atoms with Crippen LogP contribution in [0.1, 0.15) is 53.8 Å².